The summed E-state index contributed by atoms with van der Waals surface area (Å²) in [5.74, 6) is -0.243. The van der Waals surface area contributed by atoms with Crippen LogP contribution in [0.15, 0.2) is 24.3 Å². The summed E-state index contributed by atoms with van der Waals surface area (Å²) in [5.41, 5.74) is 0.799. The number of hydrogen-bond acceptors (Lipinski definition) is 2. The van der Waals surface area contributed by atoms with Gasteiger partial charge in [-0.15, -0.1) is 0 Å². The zero-order valence-electron chi connectivity index (χ0n) is 12.7. The number of rotatable bonds is 4. The summed E-state index contributed by atoms with van der Waals surface area (Å²) in [5, 5.41) is 6.90. The number of likely N-dealkylation sites (tertiary alicyclic amines) is 1. The van der Waals surface area contributed by atoms with E-state index in [1.807, 2.05) is 0 Å². The first-order valence-electron chi connectivity index (χ1n) is 7.62. The molecule has 1 aromatic carbocycles. The van der Waals surface area contributed by atoms with Crippen LogP contribution in [0.5, 0.6) is 0 Å². The van der Waals surface area contributed by atoms with Gasteiger partial charge < -0.3 is 10.6 Å². The van der Waals surface area contributed by atoms with E-state index in [9.17, 15) is 4.39 Å². The van der Waals surface area contributed by atoms with Crippen LogP contribution >= 0.6 is 12.2 Å². The van der Waals surface area contributed by atoms with Gasteiger partial charge in [0.2, 0.25) is 0 Å². The summed E-state index contributed by atoms with van der Waals surface area (Å²) in [7, 11) is 0. The van der Waals surface area contributed by atoms with E-state index in [-0.39, 0.29) is 5.82 Å². The van der Waals surface area contributed by atoms with Gasteiger partial charge in [0, 0.05) is 24.3 Å². The predicted octanol–water partition coefficient (Wildman–Crippen LogP) is 3.38. The molecule has 1 heterocycles. The molecule has 0 aromatic heterocycles. The van der Waals surface area contributed by atoms with Crippen molar-refractivity contribution in [1.29, 1.82) is 0 Å². The highest BCUT2D eigenvalue weighted by Gasteiger charge is 2.22. The molecule has 3 nitrogen and oxygen atoms in total. The fourth-order valence-electron chi connectivity index (χ4n) is 2.84. The van der Waals surface area contributed by atoms with E-state index in [1.165, 1.54) is 37.9 Å². The lowest BCUT2D eigenvalue weighted by Crippen LogP contribution is -2.48. The lowest BCUT2D eigenvalue weighted by molar-refractivity contribution is 0.116. The molecule has 2 N–H and O–H groups in total. The Kier molecular flexibility index (Phi) is 5.94. The topological polar surface area (TPSA) is 27.3 Å². The molecule has 21 heavy (non-hydrogen) atoms. The van der Waals surface area contributed by atoms with Gasteiger partial charge in [0.25, 0.3) is 0 Å². The van der Waals surface area contributed by atoms with Gasteiger partial charge in [-0.3, -0.25) is 4.90 Å². The number of halogens is 1. The number of nitrogens with one attached hydrogen (secondary N) is 2. The number of benzene rings is 1. The van der Waals surface area contributed by atoms with E-state index in [4.69, 9.17) is 12.2 Å². The van der Waals surface area contributed by atoms with Crippen molar-refractivity contribution < 1.29 is 4.39 Å². The second-order valence-electron chi connectivity index (χ2n) is 5.77. The smallest absolute Gasteiger partial charge is 0.170 e. The highest BCUT2D eigenvalue weighted by atomic mass is 32.1. The molecular formula is C16H24FN3S. The number of piperidine rings is 1. The van der Waals surface area contributed by atoms with Crippen molar-refractivity contribution in [2.45, 2.75) is 45.2 Å². The first-order valence-corrected chi connectivity index (χ1v) is 8.03. The van der Waals surface area contributed by atoms with Gasteiger partial charge in [-0.05, 0) is 69.7 Å². The molecule has 1 aliphatic rings. The Labute approximate surface area is 131 Å². The maximum atomic E-state index is 12.8. The minimum atomic E-state index is -0.243. The maximum Gasteiger partial charge on any atom is 0.170 e. The fraction of sp³-hybridized carbons (Fsp3) is 0.562. The molecule has 0 aliphatic carbocycles. The molecule has 5 heteroatoms. The normalized spacial score (nSPS) is 20.8. The zero-order valence-corrected chi connectivity index (χ0v) is 13.5. The molecule has 1 fully saturated rings. The second-order valence-corrected chi connectivity index (χ2v) is 6.18. The van der Waals surface area contributed by atoms with Gasteiger partial charge in [0.05, 0.1) is 0 Å². The van der Waals surface area contributed by atoms with Crippen LogP contribution in [0.25, 0.3) is 0 Å². The SMILES string of the molecule is CC1CCCCN1C(C)CNC(=S)Nc1ccc(F)cc1. The van der Waals surface area contributed by atoms with Gasteiger partial charge in [-0.25, -0.2) is 4.39 Å². The van der Waals surface area contributed by atoms with Gasteiger partial charge in [-0.2, -0.15) is 0 Å². The molecule has 2 rings (SSSR count). The Balaban J connectivity index is 1.76. The van der Waals surface area contributed by atoms with E-state index in [0.29, 0.717) is 17.2 Å². The molecule has 2 atom stereocenters. The second kappa shape index (κ2) is 7.71. The first-order chi connectivity index (χ1) is 10.1. The van der Waals surface area contributed by atoms with Crippen molar-refractivity contribution in [3.05, 3.63) is 30.1 Å². The first kappa shape index (κ1) is 16.2. The Morgan fingerprint density at radius 2 is 2.10 bits per heavy atom. The lowest BCUT2D eigenvalue weighted by Gasteiger charge is -2.38. The molecule has 2 unspecified atom stereocenters. The van der Waals surface area contributed by atoms with Crippen LogP contribution in [-0.4, -0.2) is 35.2 Å². The third kappa shape index (κ3) is 4.93. The largest absolute Gasteiger partial charge is 0.361 e. The summed E-state index contributed by atoms with van der Waals surface area (Å²) in [6, 6.07) is 7.30. The summed E-state index contributed by atoms with van der Waals surface area (Å²) in [6.45, 7) is 6.51. The van der Waals surface area contributed by atoms with E-state index in [2.05, 4.69) is 29.4 Å². The van der Waals surface area contributed by atoms with E-state index in [1.54, 1.807) is 12.1 Å². The average molecular weight is 309 g/mol. The van der Waals surface area contributed by atoms with Crippen LogP contribution in [0.1, 0.15) is 33.1 Å². The zero-order chi connectivity index (χ0) is 15.2. The number of thiocarbonyl (C=S) groups is 1. The Morgan fingerprint density at radius 3 is 2.76 bits per heavy atom. The summed E-state index contributed by atoms with van der Waals surface area (Å²) in [6.07, 6.45) is 3.90. The highest BCUT2D eigenvalue weighted by molar-refractivity contribution is 7.80. The van der Waals surface area contributed by atoms with E-state index >= 15 is 0 Å². The molecule has 1 saturated heterocycles. The maximum absolute atomic E-state index is 12.8. The van der Waals surface area contributed by atoms with Gasteiger partial charge in [0.15, 0.2) is 5.11 Å². The molecular weight excluding hydrogens is 285 g/mol. The summed E-state index contributed by atoms with van der Waals surface area (Å²) in [4.78, 5) is 2.54. The Bertz CT molecular complexity index is 463. The standard InChI is InChI=1S/C16H24FN3S/c1-12-5-3-4-10-20(12)13(2)11-18-16(21)19-15-8-6-14(17)7-9-15/h6-9,12-13H,3-5,10-11H2,1-2H3,(H2,18,19,21). The van der Waals surface area contributed by atoms with E-state index < -0.39 is 0 Å². The van der Waals surface area contributed by atoms with Gasteiger partial charge >= 0.3 is 0 Å². The lowest BCUT2D eigenvalue weighted by atomic mass is 10.0. The van der Waals surface area contributed by atoms with Crippen molar-refractivity contribution in [3.63, 3.8) is 0 Å². The monoisotopic (exact) mass is 309 g/mol. The number of anilines is 1. The molecule has 1 aromatic rings. The number of hydrogen-bond donors (Lipinski definition) is 2. The number of nitrogens with zero attached hydrogens (tertiary/aromatic N) is 1. The fourth-order valence-corrected chi connectivity index (χ4v) is 3.04. The molecule has 0 bridgehead atoms. The molecule has 0 radical (unpaired) electrons. The van der Waals surface area contributed by atoms with Gasteiger partial charge in [0.1, 0.15) is 5.82 Å². The molecule has 1 aliphatic heterocycles. The quantitative estimate of drug-likeness (QED) is 0.834. The third-order valence-corrected chi connectivity index (χ3v) is 4.33. The Morgan fingerprint density at radius 1 is 1.38 bits per heavy atom. The van der Waals surface area contributed by atoms with E-state index in [0.717, 1.165) is 12.2 Å². The molecule has 0 saturated carbocycles. The van der Waals surface area contributed by atoms with Gasteiger partial charge in [-0.1, -0.05) is 6.42 Å². The van der Waals surface area contributed by atoms with Crippen molar-refractivity contribution >= 4 is 23.0 Å². The minimum absolute atomic E-state index is 0.243. The molecule has 116 valence electrons. The highest BCUT2D eigenvalue weighted by Crippen LogP contribution is 2.18. The van der Waals surface area contributed by atoms with Crippen LogP contribution in [0.3, 0.4) is 0 Å². The van der Waals surface area contributed by atoms with Crippen molar-refractivity contribution in [3.8, 4) is 0 Å². The third-order valence-electron chi connectivity index (χ3n) is 4.08. The predicted molar refractivity (Wildman–Crippen MR) is 90.1 cm³/mol. The Hall–Kier alpha value is -1.20. The summed E-state index contributed by atoms with van der Waals surface area (Å²) >= 11 is 5.28. The van der Waals surface area contributed by atoms with Crippen molar-refractivity contribution in [1.82, 2.24) is 10.2 Å². The average Bonchev–Trinajstić information content (AvgIpc) is 2.48. The van der Waals surface area contributed by atoms with Crippen LogP contribution in [0, 0.1) is 5.82 Å². The van der Waals surface area contributed by atoms with Crippen LogP contribution in [-0.2, 0) is 0 Å². The van der Waals surface area contributed by atoms with Crippen LogP contribution in [0.4, 0.5) is 10.1 Å². The van der Waals surface area contributed by atoms with Crippen molar-refractivity contribution in [2.24, 2.45) is 0 Å². The molecule has 0 amide bonds. The van der Waals surface area contributed by atoms with Crippen molar-refractivity contribution in [2.75, 3.05) is 18.4 Å². The summed E-state index contributed by atoms with van der Waals surface area (Å²) < 4.78 is 12.8. The molecule has 0 spiro atoms. The minimum Gasteiger partial charge on any atom is -0.361 e. The van der Waals surface area contributed by atoms with Crippen LogP contribution < -0.4 is 10.6 Å². The van der Waals surface area contributed by atoms with Crippen LogP contribution in [0.2, 0.25) is 0 Å².